The molecule has 0 aliphatic heterocycles. The Bertz CT molecular complexity index is 878. The van der Waals surface area contributed by atoms with E-state index in [0.717, 1.165) is 23.2 Å². The topological polar surface area (TPSA) is 69.8 Å². The summed E-state index contributed by atoms with van der Waals surface area (Å²) in [5.41, 5.74) is -0.271. The smallest absolute Gasteiger partial charge is 0.280 e. The maximum atomic E-state index is 12.5. The molecule has 3 rings (SSSR count). The minimum absolute atomic E-state index is 0.321. The van der Waals surface area contributed by atoms with Crippen LogP contribution in [0.5, 0.6) is 0 Å². The van der Waals surface area contributed by atoms with E-state index in [1.807, 2.05) is 0 Å². The second-order valence-electron chi connectivity index (χ2n) is 5.87. The van der Waals surface area contributed by atoms with Gasteiger partial charge in [0.25, 0.3) is 5.56 Å². The van der Waals surface area contributed by atoms with E-state index in [9.17, 15) is 9.59 Å². The van der Waals surface area contributed by atoms with Gasteiger partial charge in [0, 0.05) is 25.8 Å². The zero-order chi connectivity index (χ0) is 16.6. The number of hydrogen-bond donors (Lipinski definition) is 0. The molecule has 0 bridgehead atoms. The van der Waals surface area contributed by atoms with E-state index in [1.165, 1.54) is 36.2 Å². The Labute approximate surface area is 138 Å². The van der Waals surface area contributed by atoms with Crippen molar-refractivity contribution in [2.45, 2.75) is 36.6 Å². The van der Waals surface area contributed by atoms with Crippen LogP contribution in [0.2, 0.25) is 0 Å². The van der Waals surface area contributed by atoms with Crippen LogP contribution in [0.15, 0.2) is 27.3 Å². The van der Waals surface area contributed by atoms with Gasteiger partial charge in [-0.1, -0.05) is 18.9 Å². The van der Waals surface area contributed by atoms with Gasteiger partial charge >= 0.3 is 5.69 Å². The van der Waals surface area contributed by atoms with Crippen LogP contribution in [-0.2, 0) is 14.1 Å². The summed E-state index contributed by atoms with van der Waals surface area (Å²) in [6, 6.07) is 0. The Kier molecular flexibility index (Phi) is 4.39. The lowest BCUT2D eigenvalue weighted by atomic mass is 10.1. The largest absolute Gasteiger partial charge is 0.332 e. The van der Waals surface area contributed by atoms with Gasteiger partial charge in [-0.15, -0.1) is 18.3 Å². The second kappa shape index (κ2) is 6.31. The van der Waals surface area contributed by atoms with Gasteiger partial charge in [-0.05, 0) is 12.8 Å². The van der Waals surface area contributed by atoms with Crippen LogP contribution >= 0.6 is 11.8 Å². The predicted molar refractivity (Wildman–Crippen MR) is 92.2 cm³/mol. The summed E-state index contributed by atoms with van der Waals surface area (Å²) < 4.78 is 2.55. The highest BCUT2D eigenvalue weighted by Gasteiger charge is 2.23. The van der Waals surface area contributed by atoms with Crippen molar-refractivity contribution < 1.29 is 0 Å². The van der Waals surface area contributed by atoms with Crippen LogP contribution in [0.1, 0.15) is 37.4 Å². The molecule has 0 aromatic carbocycles. The molecule has 0 N–H and O–H groups in total. The second-order valence-corrected chi connectivity index (χ2v) is 6.88. The number of thioether (sulfide) groups is 1. The molecule has 0 amide bonds. The average molecular weight is 332 g/mol. The van der Waals surface area contributed by atoms with E-state index >= 15 is 0 Å². The first kappa shape index (κ1) is 16.0. The van der Waals surface area contributed by atoms with Gasteiger partial charge in [-0.25, -0.2) is 14.8 Å². The predicted octanol–water partition coefficient (Wildman–Crippen LogP) is 1.96. The van der Waals surface area contributed by atoms with Crippen molar-refractivity contribution in [1.82, 2.24) is 19.1 Å². The number of hydrogen-bond acceptors (Lipinski definition) is 5. The number of rotatable bonds is 4. The summed E-state index contributed by atoms with van der Waals surface area (Å²) in [7, 11) is 3.13. The lowest BCUT2D eigenvalue weighted by Crippen LogP contribution is -2.38. The Morgan fingerprint density at radius 1 is 1.22 bits per heavy atom. The Hall–Kier alpha value is -1.89. The van der Waals surface area contributed by atoms with Crippen molar-refractivity contribution in [1.29, 1.82) is 0 Å². The zero-order valence-electron chi connectivity index (χ0n) is 13.4. The third-order valence-electron chi connectivity index (χ3n) is 4.34. The molecule has 0 atom stereocenters. The van der Waals surface area contributed by atoms with E-state index < -0.39 is 0 Å². The fourth-order valence-corrected chi connectivity index (χ4v) is 3.81. The molecule has 23 heavy (non-hydrogen) atoms. The molecule has 1 saturated carbocycles. The fraction of sp³-hybridized carbons (Fsp3) is 0.500. The molecular formula is C16H20N4O2S. The van der Waals surface area contributed by atoms with Crippen LogP contribution in [0.4, 0.5) is 0 Å². The maximum Gasteiger partial charge on any atom is 0.332 e. The molecule has 7 heteroatoms. The molecule has 2 aromatic heterocycles. The quantitative estimate of drug-likeness (QED) is 0.486. The van der Waals surface area contributed by atoms with Crippen LogP contribution in [0.3, 0.4) is 0 Å². The van der Waals surface area contributed by atoms with Crippen LogP contribution in [-0.4, -0.2) is 24.9 Å². The zero-order valence-corrected chi connectivity index (χ0v) is 14.2. The van der Waals surface area contributed by atoms with Crippen molar-refractivity contribution in [3.8, 4) is 0 Å². The number of aryl methyl sites for hydroxylation is 1. The van der Waals surface area contributed by atoms with Gasteiger partial charge in [-0.3, -0.25) is 13.9 Å². The van der Waals surface area contributed by atoms with Gasteiger partial charge in [0.1, 0.15) is 16.2 Å². The van der Waals surface area contributed by atoms with Crippen LogP contribution in [0.25, 0.3) is 11.0 Å². The highest BCUT2D eigenvalue weighted by atomic mass is 32.2. The van der Waals surface area contributed by atoms with E-state index in [-0.39, 0.29) is 11.2 Å². The standard InChI is InChI=1S/C16H20N4O2S/c1-4-9-23-14-11-13(19(2)16(22)20(3)15(11)21)17-12(18-14)10-7-5-6-8-10/h4,10H,1,5-9H2,2-3H3. The minimum atomic E-state index is -0.363. The van der Waals surface area contributed by atoms with Crippen molar-refractivity contribution in [3.05, 3.63) is 39.3 Å². The average Bonchev–Trinajstić information content (AvgIpc) is 3.09. The third kappa shape index (κ3) is 2.73. The van der Waals surface area contributed by atoms with Crippen LogP contribution < -0.4 is 11.2 Å². The lowest BCUT2D eigenvalue weighted by molar-refractivity contribution is 0.648. The molecule has 6 nitrogen and oxygen atoms in total. The Morgan fingerprint density at radius 2 is 1.91 bits per heavy atom. The molecule has 1 fully saturated rings. The summed E-state index contributed by atoms with van der Waals surface area (Å²) in [6.07, 6.45) is 6.26. The highest BCUT2D eigenvalue weighted by molar-refractivity contribution is 7.99. The summed E-state index contributed by atoms with van der Waals surface area (Å²) in [5.74, 6) is 1.73. The molecule has 2 heterocycles. The summed E-state index contributed by atoms with van der Waals surface area (Å²) in [4.78, 5) is 34.0. The monoisotopic (exact) mass is 332 g/mol. The third-order valence-corrected chi connectivity index (χ3v) is 5.31. The number of aromatic nitrogens is 4. The van der Waals surface area contributed by atoms with Gasteiger partial charge in [-0.2, -0.15) is 0 Å². The molecule has 0 spiro atoms. The minimum Gasteiger partial charge on any atom is -0.280 e. The SMILES string of the molecule is C=CCSc1nc(C2CCCC2)nc2c1c(=O)n(C)c(=O)n2C. The molecular weight excluding hydrogens is 312 g/mol. The first-order chi connectivity index (χ1) is 11.0. The van der Waals surface area contributed by atoms with E-state index in [1.54, 1.807) is 13.1 Å². The molecule has 0 saturated heterocycles. The summed E-state index contributed by atoms with van der Waals surface area (Å²) in [5, 5.41) is 1.07. The molecule has 122 valence electrons. The first-order valence-corrected chi connectivity index (χ1v) is 8.74. The highest BCUT2D eigenvalue weighted by Crippen LogP contribution is 2.34. The molecule has 0 radical (unpaired) electrons. The van der Waals surface area contributed by atoms with Crippen molar-refractivity contribution in [2.24, 2.45) is 14.1 Å². The molecule has 1 aliphatic carbocycles. The van der Waals surface area contributed by atoms with E-state index in [0.29, 0.717) is 27.7 Å². The number of nitrogens with zero attached hydrogens (tertiary/aromatic N) is 4. The molecule has 0 unspecified atom stereocenters. The Morgan fingerprint density at radius 3 is 2.57 bits per heavy atom. The van der Waals surface area contributed by atoms with Crippen molar-refractivity contribution >= 4 is 22.8 Å². The van der Waals surface area contributed by atoms with Gasteiger partial charge < -0.3 is 0 Å². The first-order valence-electron chi connectivity index (χ1n) is 7.76. The Balaban J connectivity index is 2.32. The molecule has 1 aliphatic rings. The van der Waals surface area contributed by atoms with Crippen molar-refractivity contribution in [2.75, 3.05) is 5.75 Å². The van der Waals surface area contributed by atoms with Gasteiger partial charge in [0.05, 0.1) is 0 Å². The maximum absolute atomic E-state index is 12.5. The summed E-state index contributed by atoms with van der Waals surface area (Å²) in [6.45, 7) is 3.72. The van der Waals surface area contributed by atoms with E-state index in [2.05, 4.69) is 16.5 Å². The summed E-state index contributed by atoms with van der Waals surface area (Å²) >= 11 is 1.46. The molecule has 2 aromatic rings. The van der Waals surface area contributed by atoms with Crippen molar-refractivity contribution in [3.63, 3.8) is 0 Å². The van der Waals surface area contributed by atoms with Crippen LogP contribution in [0, 0.1) is 0 Å². The lowest BCUT2D eigenvalue weighted by Gasteiger charge is -2.14. The number of fused-ring (bicyclic) bond motifs is 1. The van der Waals surface area contributed by atoms with Gasteiger partial charge in [0.15, 0.2) is 5.65 Å². The van der Waals surface area contributed by atoms with E-state index in [4.69, 9.17) is 0 Å². The van der Waals surface area contributed by atoms with Gasteiger partial charge in [0.2, 0.25) is 0 Å². The fourth-order valence-electron chi connectivity index (χ4n) is 3.05. The normalized spacial score (nSPS) is 15.4.